The molecule has 1 aromatic rings. The second-order valence-electron chi connectivity index (χ2n) is 6.79. The molecule has 144 valence electrons. The van der Waals surface area contributed by atoms with Crippen LogP contribution in [0.5, 0.6) is 0 Å². The highest BCUT2D eigenvalue weighted by Crippen LogP contribution is 2.48. The predicted molar refractivity (Wildman–Crippen MR) is 85.1 cm³/mol. The number of carboxylic acids is 1. The van der Waals surface area contributed by atoms with Gasteiger partial charge in [0.25, 0.3) is 0 Å². The molecule has 0 radical (unpaired) electrons. The minimum Gasteiger partial charge on any atom is -0.481 e. The number of alkyl halides is 3. The molecule has 0 heterocycles. The molecule has 0 aliphatic heterocycles. The monoisotopic (exact) mass is 376 g/mol. The van der Waals surface area contributed by atoms with E-state index in [1.807, 2.05) is 0 Å². The van der Waals surface area contributed by atoms with E-state index >= 15 is 0 Å². The van der Waals surface area contributed by atoms with Crippen LogP contribution in [0.4, 0.5) is 22.4 Å². The van der Waals surface area contributed by atoms with Gasteiger partial charge in [-0.15, -0.1) is 0 Å². The smallest absolute Gasteiger partial charge is 0.416 e. The Hall–Kier alpha value is -2.32. The summed E-state index contributed by atoms with van der Waals surface area (Å²) in [4.78, 5) is 24.1. The number of hydrogen-bond acceptors (Lipinski definition) is 2. The van der Waals surface area contributed by atoms with Gasteiger partial charge in [0.2, 0.25) is 0 Å². The van der Waals surface area contributed by atoms with Gasteiger partial charge in [0.05, 0.1) is 11.5 Å². The standard InChI is InChI=1S/C17H20F4N2O3/c1-10(14(24)25)8-23(2)15(26)22-9-16(3-4-16)11-5-12(17(19,20)21)7-13(18)6-11/h5-7,10H,3-4,8-9H2,1-2H3,(H,22,26)(H,24,25). The maximum absolute atomic E-state index is 13.6. The Morgan fingerprint density at radius 3 is 2.42 bits per heavy atom. The number of hydrogen-bond donors (Lipinski definition) is 2. The molecule has 2 amide bonds. The van der Waals surface area contributed by atoms with E-state index in [2.05, 4.69) is 5.32 Å². The van der Waals surface area contributed by atoms with Gasteiger partial charge in [-0.3, -0.25) is 4.79 Å². The predicted octanol–water partition coefficient (Wildman–Crippen LogP) is 3.24. The summed E-state index contributed by atoms with van der Waals surface area (Å²) in [5, 5.41) is 11.5. The summed E-state index contributed by atoms with van der Waals surface area (Å²) in [7, 11) is 1.43. The van der Waals surface area contributed by atoms with Crippen LogP contribution in [0.3, 0.4) is 0 Å². The number of carbonyl (C=O) groups is 2. The molecule has 1 atom stereocenters. The molecular formula is C17H20F4N2O3. The lowest BCUT2D eigenvalue weighted by Gasteiger charge is -2.23. The van der Waals surface area contributed by atoms with Crippen LogP contribution in [0, 0.1) is 11.7 Å². The lowest BCUT2D eigenvalue weighted by Crippen LogP contribution is -2.43. The topological polar surface area (TPSA) is 69.6 Å². The fraction of sp³-hybridized carbons (Fsp3) is 0.529. The first-order valence-electron chi connectivity index (χ1n) is 8.05. The third-order valence-electron chi connectivity index (χ3n) is 4.59. The Kier molecular flexibility index (Phi) is 5.48. The van der Waals surface area contributed by atoms with Crippen LogP contribution in [0.1, 0.15) is 30.9 Å². The Morgan fingerprint density at radius 1 is 1.31 bits per heavy atom. The first-order valence-corrected chi connectivity index (χ1v) is 8.05. The molecule has 0 aromatic heterocycles. The number of aliphatic carboxylic acids is 1. The van der Waals surface area contributed by atoms with Crippen LogP contribution < -0.4 is 5.32 Å². The quantitative estimate of drug-likeness (QED) is 0.749. The van der Waals surface area contributed by atoms with Crippen molar-refractivity contribution < 1.29 is 32.3 Å². The Balaban J connectivity index is 2.05. The number of halogens is 4. The summed E-state index contributed by atoms with van der Waals surface area (Å²) in [6.07, 6.45) is -3.59. The third-order valence-corrected chi connectivity index (χ3v) is 4.59. The second kappa shape index (κ2) is 7.13. The zero-order valence-corrected chi connectivity index (χ0v) is 14.4. The molecule has 1 saturated carbocycles. The molecule has 1 aromatic carbocycles. The lowest BCUT2D eigenvalue weighted by molar-refractivity contribution is -0.141. The molecule has 0 bridgehead atoms. The van der Waals surface area contributed by atoms with Crippen LogP contribution in [0.15, 0.2) is 18.2 Å². The highest BCUT2D eigenvalue weighted by Gasteiger charge is 2.46. The van der Waals surface area contributed by atoms with Gasteiger partial charge in [0.1, 0.15) is 5.82 Å². The van der Waals surface area contributed by atoms with Crippen LogP contribution >= 0.6 is 0 Å². The van der Waals surface area contributed by atoms with Gasteiger partial charge in [-0.2, -0.15) is 13.2 Å². The number of urea groups is 1. The van der Waals surface area contributed by atoms with E-state index in [4.69, 9.17) is 5.11 Å². The Morgan fingerprint density at radius 2 is 1.92 bits per heavy atom. The molecule has 1 fully saturated rings. The number of benzene rings is 1. The van der Waals surface area contributed by atoms with Gasteiger partial charge in [0, 0.05) is 25.6 Å². The zero-order chi connectivity index (χ0) is 19.7. The molecule has 2 rings (SSSR count). The summed E-state index contributed by atoms with van der Waals surface area (Å²) < 4.78 is 52.2. The molecule has 0 saturated heterocycles. The minimum atomic E-state index is -4.65. The van der Waals surface area contributed by atoms with Crippen molar-refractivity contribution in [3.8, 4) is 0 Å². The summed E-state index contributed by atoms with van der Waals surface area (Å²) in [5.74, 6) is -2.76. The highest BCUT2D eigenvalue weighted by molar-refractivity contribution is 5.75. The molecule has 1 aliphatic rings. The molecule has 0 spiro atoms. The van der Waals surface area contributed by atoms with Gasteiger partial charge in [-0.25, -0.2) is 9.18 Å². The normalized spacial score (nSPS) is 16.7. The molecule has 1 unspecified atom stereocenters. The van der Waals surface area contributed by atoms with E-state index in [9.17, 15) is 27.2 Å². The van der Waals surface area contributed by atoms with Crippen molar-refractivity contribution in [2.45, 2.75) is 31.4 Å². The summed E-state index contributed by atoms with van der Waals surface area (Å²) >= 11 is 0. The summed E-state index contributed by atoms with van der Waals surface area (Å²) in [5.41, 5.74) is -1.58. The van der Waals surface area contributed by atoms with Crippen molar-refractivity contribution in [3.63, 3.8) is 0 Å². The van der Waals surface area contributed by atoms with Crippen molar-refractivity contribution >= 4 is 12.0 Å². The largest absolute Gasteiger partial charge is 0.481 e. The van der Waals surface area contributed by atoms with Crippen LogP contribution in [0.25, 0.3) is 0 Å². The van der Waals surface area contributed by atoms with E-state index in [-0.39, 0.29) is 18.7 Å². The highest BCUT2D eigenvalue weighted by atomic mass is 19.4. The first kappa shape index (κ1) is 20.0. The SMILES string of the molecule is CC(CN(C)C(=O)NCC1(c2cc(F)cc(C(F)(F)F)c2)CC1)C(=O)O. The summed E-state index contributed by atoms with van der Waals surface area (Å²) in [6.45, 7) is 1.50. The second-order valence-corrected chi connectivity index (χ2v) is 6.79. The van der Waals surface area contributed by atoms with Crippen molar-refractivity contribution in [2.75, 3.05) is 20.1 Å². The number of carbonyl (C=O) groups excluding carboxylic acids is 1. The van der Waals surface area contributed by atoms with Crippen molar-refractivity contribution in [3.05, 3.63) is 35.1 Å². The fourth-order valence-corrected chi connectivity index (χ4v) is 2.73. The number of amides is 2. The van der Waals surface area contributed by atoms with Crippen molar-refractivity contribution in [2.24, 2.45) is 5.92 Å². The average Bonchev–Trinajstić information content (AvgIpc) is 3.32. The van der Waals surface area contributed by atoms with E-state index in [1.54, 1.807) is 0 Å². The molecular weight excluding hydrogens is 356 g/mol. The number of carboxylic acid groups (broad SMARTS) is 1. The van der Waals surface area contributed by atoms with Gasteiger partial charge in [-0.05, 0) is 36.6 Å². The fourth-order valence-electron chi connectivity index (χ4n) is 2.73. The van der Waals surface area contributed by atoms with Crippen molar-refractivity contribution in [1.82, 2.24) is 10.2 Å². The summed E-state index contributed by atoms with van der Waals surface area (Å²) in [6, 6.07) is 1.89. The Bertz CT molecular complexity index is 702. The van der Waals surface area contributed by atoms with Gasteiger partial charge >= 0.3 is 18.2 Å². The molecule has 26 heavy (non-hydrogen) atoms. The maximum atomic E-state index is 13.6. The van der Waals surface area contributed by atoms with Crippen molar-refractivity contribution in [1.29, 1.82) is 0 Å². The minimum absolute atomic E-state index is 0.00759. The molecule has 2 N–H and O–H groups in total. The molecule has 1 aliphatic carbocycles. The molecule has 5 nitrogen and oxygen atoms in total. The van der Waals surface area contributed by atoms with E-state index in [0.717, 1.165) is 12.1 Å². The van der Waals surface area contributed by atoms with Crippen LogP contribution in [0.2, 0.25) is 0 Å². The lowest BCUT2D eigenvalue weighted by atomic mass is 9.94. The average molecular weight is 376 g/mol. The van der Waals surface area contributed by atoms with E-state index in [1.165, 1.54) is 18.9 Å². The van der Waals surface area contributed by atoms with Gasteiger partial charge in [0.15, 0.2) is 0 Å². The van der Waals surface area contributed by atoms with Crippen LogP contribution in [-0.2, 0) is 16.4 Å². The van der Waals surface area contributed by atoms with E-state index in [0.29, 0.717) is 18.9 Å². The zero-order valence-electron chi connectivity index (χ0n) is 14.4. The third kappa shape index (κ3) is 4.64. The van der Waals surface area contributed by atoms with Gasteiger partial charge < -0.3 is 15.3 Å². The number of rotatable bonds is 6. The Labute approximate surface area is 148 Å². The maximum Gasteiger partial charge on any atom is 0.416 e. The molecule has 9 heteroatoms. The van der Waals surface area contributed by atoms with E-state index < -0.39 is 40.9 Å². The van der Waals surface area contributed by atoms with Crippen LogP contribution in [-0.4, -0.2) is 42.1 Å². The number of nitrogens with one attached hydrogen (secondary N) is 1. The number of nitrogens with zero attached hydrogens (tertiary/aromatic N) is 1. The van der Waals surface area contributed by atoms with Gasteiger partial charge in [-0.1, -0.05) is 6.92 Å². The first-order chi connectivity index (χ1) is 11.9.